The zero-order chi connectivity index (χ0) is 12.9. The van der Waals surface area contributed by atoms with Crippen molar-refractivity contribution in [2.75, 3.05) is 12.3 Å². The summed E-state index contributed by atoms with van der Waals surface area (Å²) in [4.78, 5) is 11.0. The second kappa shape index (κ2) is 5.95. The predicted molar refractivity (Wildman–Crippen MR) is 58.7 cm³/mol. The van der Waals surface area contributed by atoms with Gasteiger partial charge in [-0.05, 0) is 11.8 Å². The lowest BCUT2D eigenvalue weighted by Crippen LogP contribution is -2.27. The lowest BCUT2D eigenvalue weighted by molar-refractivity contribution is -0.141. The Balaban J connectivity index is 2.38. The number of alkyl halides is 3. The van der Waals surface area contributed by atoms with Crippen LogP contribution in [0.15, 0.2) is 12.3 Å². The quantitative estimate of drug-likeness (QED) is 0.791. The highest BCUT2D eigenvalue weighted by molar-refractivity contribution is 7.80. The third-order valence-corrected chi connectivity index (χ3v) is 2.16. The molecule has 0 saturated heterocycles. The summed E-state index contributed by atoms with van der Waals surface area (Å²) < 4.78 is 37.7. The molecule has 1 rings (SSSR count). The summed E-state index contributed by atoms with van der Waals surface area (Å²) >= 11 is 3.88. The Hall–Kier alpha value is -1.18. The molecule has 1 aromatic rings. The number of nitrogens with one attached hydrogen (secondary N) is 1. The Labute approximate surface area is 102 Å². The van der Waals surface area contributed by atoms with Crippen molar-refractivity contribution >= 4 is 18.5 Å². The topological polar surface area (TPSA) is 46.9 Å². The summed E-state index contributed by atoms with van der Waals surface area (Å²) in [6.07, 6.45) is -2.91. The minimum Gasteiger partial charge on any atom is -0.354 e. The molecule has 17 heavy (non-hydrogen) atoms. The van der Waals surface area contributed by atoms with E-state index in [1.165, 1.54) is 6.20 Å². The molecule has 1 N–H and O–H groups in total. The van der Waals surface area contributed by atoms with Gasteiger partial charge in [-0.3, -0.25) is 9.48 Å². The first-order valence-corrected chi connectivity index (χ1v) is 5.55. The molecule has 96 valence electrons. The van der Waals surface area contributed by atoms with Gasteiger partial charge in [0.2, 0.25) is 5.91 Å². The number of halogens is 3. The monoisotopic (exact) mass is 267 g/mol. The third-order valence-electron chi connectivity index (χ3n) is 1.93. The first-order valence-electron chi connectivity index (χ1n) is 4.91. The molecule has 0 aromatic carbocycles. The number of carbonyl (C=O) groups is 1. The number of rotatable bonds is 5. The molecule has 0 bridgehead atoms. The van der Waals surface area contributed by atoms with E-state index in [1.807, 2.05) is 0 Å². The first kappa shape index (κ1) is 13.9. The van der Waals surface area contributed by atoms with Gasteiger partial charge in [0.05, 0.1) is 6.54 Å². The molecule has 1 heterocycles. The largest absolute Gasteiger partial charge is 0.435 e. The fourth-order valence-electron chi connectivity index (χ4n) is 1.14. The molecule has 1 amide bonds. The van der Waals surface area contributed by atoms with Crippen LogP contribution in [0.2, 0.25) is 0 Å². The lowest BCUT2D eigenvalue weighted by atomic mass is 10.4. The molecule has 0 aliphatic rings. The number of carbonyl (C=O) groups excluding carboxylic acids is 1. The number of thiol groups is 1. The van der Waals surface area contributed by atoms with E-state index in [2.05, 4.69) is 23.0 Å². The van der Waals surface area contributed by atoms with Crippen LogP contribution in [0, 0.1) is 0 Å². The molecular weight excluding hydrogens is 255 g/mol. The van der Waals surface area contributed by atoms with E-state index in [0.717, 1.165) is 10.7 Å². The summed E-state index contributed by atoms with van der Waals surface area (Å²) in [5.41, 5.74) is -0.931. The average Bonchev–Trinajstić information content (AvgIpc) is 2.66. The molecule has 4 nitrogen and oxygen atoms in total. The molecule has 8 heteroatoms. The SMILES string of the molecule is O=C(CCS)NCCn1ccc(C(F)(F)F)n1. The molecule has 0 fully saturated rings. The molecule has 0 saturated carbocycles. The van der Waals surface area contributed by atoms with Crippen molar-refractivity contribution in [3.05, 3.63) is 18.0 Å². The van der Waals surface area contributed by atoms with Crippen LogP contribution in [0.3, 0.4) is 0 Å². The van der Waals surface area contributed by atoms with Crippen LogP contribution < -0.4 is 5.32 Å². The number of nitrogens with zero attached hydrogens (tertiary/aromatic N) is 2. The van der Waals surface area contributed by atoms with E-state index in [9.17, 15) is 18.0 Å². The van der Waals surface area contributed by atoms with Gasteiger partial charge in [-0.1, -0.05) is 0 Å². The summed E-state index contributed by atoms with van der Waals surface area (Å²) in [7, 11) is 0. The van der Waals surface area contributed by atoms with E-state index >= 15 is 0 Å². The highest BCUT2D eigenvalue weighted by Gasteiger charge is 2.33. The zero-order valence-corrected chi connectivity index (χ0v) is 9.76. The van der Waals surface area contributed by atoms with Crippen LogP contribution in [-0.4, -0.2) is 28.0 Å². The van der Waals surface area contributed by atoms with E-state index in [4.69, 9.17) is 0 Å². The number of hydrogen-bond acceptors (Lipinski definition) is 3. The maximum absolute atomic E-state index is 12.2. The van der Waals surface area contributed by atoms with Crippen LogP contribution in [0.25, 0.3) is 0 Å². The maximum Gasteiger partial charge on any atom is 0.435 e. The van der Waals surface area contributed by atoms with Crippen molar-refractivity contribution in [2.24, 2.45) is 0 Å². The van der Waals surface area contributed by atoms with Crippen molar-refractivity contribution in [1.82, 2.24) is 15.1 Å². The summed E-state index contributed by atoms with van der Waals surface area (Å²) in [6, 6.07) is 0.898. The van der Waals surface area contributed by atoms with Gasteiger partial charge in [-0.25, -0.2) is 0 Å². The van der Waals surface area contributed by atoms with Crippen molar-refractivity contribution in [2.45, 2.75) is 19.1 Å². The molecule has 0 spiro atoms. The third kappa shape index (κ3) is 4.68. The standard InChI is InChI=1S/C9H12F3N3OS/c10-9(11,12)7-1-4-15(14-7)5-3-13-8(16)2-6-17/h1,4,17H,2-3,5-6H2,(H,13,16). The average molecular weight is 267 g/mol. The minimum absolute atomic E-state index is 0.178. The molecule has 1 aromatic heterocycles. The highest BCUT2D eigenvalue weighted by Crippen LogP contribution is 2.27. The zero-order valence-electron chi connectivity index (χ0n) is 8.87. The van der Waals surface area contributed by atoms with E-state index in [1.54, 1.807) is 0 Å². The highest BCUT2D eigenvalue weighted by atomic mass is 32.1. The van der Waals surface area contributed by atoms with Gasteiger partial charge in [0.25, 0.3) is 0 Å². The Morgan fingerprint density at radius 3 is 2.76 bits per heavy atom. The van der Waals surface area contributed by atoms with Crippen LogP contribution in [0.5, 0.6) is 0 Å². The van der Waals surface area contributed by atoms with Gasteiger partial charge < -0.3 is 5.32 Å². The van der Waals surface area contributed by atoms with Crippen molar-refractivity contribution in [3.63, 3.8) is 0 Å². The Bertz CT molecular complexity index is 378. The molecular formula is C9H12F3N3OS. The second-order valence-corrected chi connectivity index (χ2v) is 3.73. The van der Waals surface area contributed by atoms with Crippen molar-refractivity contribution in [3.8, 4) is 0 Å². The van der Waals surface area contributed by atoms with Crippen LogP contribution in [-0.2, 0) is 17.5 Å². The van der Waals surface area contributed by atoms with Crippen LogP contribution in [0.4, 0.5) is 13.2 Å². The number of amides is 1. The summed E-state index contributed by atoms with van der Waals surface area (Å²) in [6.45, 7) is 0.444. The molecule has 0 unspecified atom stereocenters. The van der Waals surface area contributed by atoms with Crippen LogP contribution in [0.1, 0.15) is 12.1 Å². The molecule has 0 aliphatic heterocycles. The van der Waals surface area contributed by atoms with Crippen molar-refractivity contribution < 1.29 is 18.0 Å². The van der Waals surface area contributed by atoms with E-state index < -0.39 is 11.9 Å². The fraction of sp³-hybridized carbons (Fsp3) is 0.556. The Morgan fingerprint density at radius 1 is 1.53 bits per heavy atom. The molecule has 0 radical (unpaired) electrons. The molecule has 0 aliphatic carbocycles. The van der Waals surface area contributed by atoms with Gasteiger partial charge in [-0.15, -0.1) is 0 Å². The molecule has 0 atom stereocenters. The van der Waals surface area contributed by atoms with Gasteiger partial charge in [0, 0.05) is 19.2 Å². The normalized spacial score (nSPS) is 11.5. The van der Waals surface area contributed by atoms with Gasteiger partial charge >= 0.3 is 6.18 Å². The van der Waals surface area contributed by atoms with Gasteiger partial charge in [-0.2, -0.15) is 30.9 Å². The first-order chi connectivity index (χ1) is 7.93. The summed E-state index contributed by atoms with van der Waals surface area (Å²) in [5.74, 6) is 0.259. The Morgan fingerprint density at radius 2 is 2.24 bits per heavy atom. The van der Waals surface area contributed by atoms with Gasteiger partial charge in [0.15, 0.2) is 5.69 Å². The number of hydrogen-bond donors (Lipinski definition) is 2. The fourth-order valence-corrected chi connectivity index (χ4v) is 1.34. The minimum atomic E-state index is -4.43. The van der Waals surface area contributed by atoms with E-state index in [-0.39, 0.29) is 25.4 Å². The van der Waals surface area contributed by atoms with Gasteiger partial charge in [0.1, 0.15) is 0 Å². The smallest absolute Gasteiger partial charge is 0.354 e. The maximum atomic E-state index is 12.2. The lowest BCUT2D eigenvalue weighted by Gasteiger charge is -2.04. The van der Waals surface area contributed by atoms with Crippen molar-refractivity contribution in [1.29, 1.82) is 0 Å². The summed E-state index contributed by atoms with van der Waals surface area (Å²) in [5, 5.41) is 5.90. The van der Waals surface area contributed by atoms with E-state index in [0.29, 0.717) is 5.75 Å². The van der Waals surface area contributed by atoms with Crippen LogP contribution >= 0.6 is 12.6 Å². The predicted octanol–water partition coefficient (Wildman–Crippen LogP) is 1.34. The number of aromatic nitrogens is 2. The second-order valence-electron chi connectivity index (χ2n) is 3.29. The Kier molecular flexibility index (Phi) is 4.86.